The molecule has 0 atom stereocenters. The monoisotopic (exact) mass is 256 g/mol. The first kappa shape index (κ1) is 11.6. The van der Waals surface area contributed by atoms with Crippen molar-refractivity contribution in [1.29, 1.82) is 0 Å². The molecule has 6 heteroatoms. The average molecular weight is 257 g/mol. The van der Waals surface area contributed by atoms with Crippen molar-refractivity contribution in [2.45, 2.75) is 13.1 Å². The fraction of sp³-hybridized carbons (Fsp3) is 0.400. The van der Waals surface area contributed by atoms with Crippen molar-refractivity contribution in [2.24, 2.45) is 7.05 Å². The van der Waals surface area contributed by atoms with Gasteiger partial charge in [-0.2, -0.15) is 0 Å². The first-order valence-electron chi connectivity index (χ1n) is 4.91. The first-order valence-corrected chi connectivity index (χ1v) is 6.06. The standard InChI is InChI=1S/C10H13ClN4S/c1-14(7-9-3-4-13-16-9)6-8-5-12-10(11)15(8)2/h3-5H,6-7H2,1-2H3. The van der Waals surface area contributed by atoms with Crippen LogP contribution in [0.3, 0.4) is 0 Å². The van der Waals surface area contributed by atoms with Gasteiger partial charge in [0.05, 0.1) is 11.9 Å². The highest BCUT2D eigenvalue weighted by molar-refractivity contribution is 7.05. The Kier molecular flexibility index (Phi) is 3.58. The molecule has 4 nitrogen and oxygen atoms in total. The summed E-state index contributed by atoms with van der Waals surface area (Å²) >= 11 is 7.41. The van der Waals surface area contributed by atoms with Crippen molar-refractivity contribution in [3.05, 3.63) is 34.3 Å². The van der Waals surface area contributed by atoms with E-state index in [1.807, 2.05) is 30.1 Å². The van der Waals surface area contributed by atoms with Crippen LogP contribution >= 0.6 is 23.1 Å². The van der Waals surface area contributed by atoms with Gasteiger partial charge in [-0.1, -0.05) is 0 Å². The Morgan fingerprint density at radius 1 is 1.50 bits per heavy atom. The number of imidazole rings is 1. The third-order valence-electron chi connectivity index (χ3n) is 2.38. The van der Waals surface area contributed by atoms with Crippen LogP contribution in [0.5, 0.6) is 0 Å². The van der Waals surface area contributed by atoms with Crippen LogP contribution in [-0.4, -0.2) is 25.9 Å². The van der Waals surface area contributed by atoms with Gasteiger partial charge >= 0.3 is 0 Å². The molecule has 0 N–H and O–H groups in total. The molecular weight excluding hydrogens is 244 g/mol. The van der Waals surface area contributed by atoms with Crippen molar-refractivity contribution >= 4 is 23.1 Å². The molecule has 0 unspecified atom stereocenters. The zero-order valence-electron chi connectivity index (χ0n) is 9.22. The second-order valence-corrected chi connectivity index (χ2v) is 4.98. The summed E-state index contributed by atoms with van der Waals surface area (Å²) in [4.78, 5) is 7.53. The van der Waals surface area contributed by atoms with Gasteiger partial charge in [0.2, 0.25) is 5.28 Å². The van der Waals surface area contributed by atoms with Crippen LogP contribution in [0.2, 0.25) is 5.28 Å². The fourth-order valence-electron chi connectivity index (χ4n) is 1.49. The van der Waals surface area contributed by atoms with E-state index in [4.69, 9.17) is 11.6 Å². The minimum Gasteiger partial charge on any atom is -0.321 e. The van der Waals surface area contributed by atoms with Crippen molar-refractivity contribution in [2.75, 3.05) is 7.05 Å². The molecule has 0 spiro atoms. The molecule has 2 aromatic rings. The predicted octanol–water partition coefficient (Wildman–Crippen LogP) is 2.16. The summed E-state index contributed by atoms with van der Waals surface area (Å²) in [5.74, 6) is 0. The van der Waals surface area contributed by atoms with Gasteiger partial charge in [0.25, 0.3) is 0 Å². The molecule has 0 fully saturated rings. The number of hydrogen-bond acceptors (Lipinski definition) is 4. The van der Waals surface area contributed by atoms with Crippen LogP contribution in [0, 0.1) is 0 Å². The summed E-state index contributed by atoms with van der Waals surface area (Å²) in [6.45, 7) is 1.72. The summed E-state index contributed by atoms with van der Waals surface area (Å²) in [6, 6.07) is 2.04. The smallest absolute Gasteiger partial charge is 0.202 e. The second kappa shape index (κ2) is 4.95. The van der Waals surface area contributed by atoms with Crippen LogP contribution in [0.4, 0.5) is 0 Å². The molecule has 2 aromatic heterocycles. The second-order valence-electron chi connectivity index (χ2n) is 3.73. The predicted molar refractivity (Wildman–Crippen MR) is 65.5 cm³/mol. The van der Waals surface area contributed by atoms with Crippen LogP contribution in [0.1, 0.15) is 10.6 Å². The number of rotatable bonds is 4. The van der Waals surface area contributed by atoms with Crippen molar-refractivity contribution in [1.82, 2.24) is 18.8 Å². The highest BCUT2D eigenvalue weighted by atomic mass is 35.5. The highest BCUT2D eigenvalue weighted by Crippen LogP contribution is 2.13. The van der Waals surface area contributed by atoms with E-state index in [1.54, 1.807) is 0 Å². The minimum absolute atomic E-state index is 0.529. The largest absolute Gasteiger partial charge is 0.321 e. The summed E-state index contributed by atoms with van der Waals surface area (Å²) in [5.41, 5.74) is 1.11. The Hall–Kier alpha value is -0.910. The molecule has 16 heavy (non-hydrogen) atoms. The Balaban J connectivity index is 1.97. The zero-order chi connectivity index (χ0) is 11.5. The van der Waals surface area contributed by atoms with Crippen molar-refractivity contribution in [3.63, 3.8) is 0 Å². The van der Waals surface area contributed by atoms with Gasteiger partial charge in [-0.15, -0.1) is 0 Å². The lowest BCUT2D eigenvalue weighted by Gasteiger charge is -2.15. The molecule has 0 bridgehead atoms. The Morgan fingerprint density at radius 2 is 2.31 bits per heavy atom. The van der Waals surface area contributed by atoms with Crippen LogP contribution < -0.4 is 0 Å². The van der Waals surface area contributed by atoms with Gasteiger partial charge in [0.1, 0.15) is 0 Å². The van der Waals surface area contributed by atoms with Gasteiger partial charge in [-0.3, -0.25) is 4.90 Å². The molecule has 2 heterocycles. The third-order valence-corrected chi connectivity index (χ3v) is 3.45. The molecule has 0 saturated heterocycles. The maximum atomic E-state index is 5.88. The molecule has 0 aliphatic heterocycles. The zero-order valence-corrected chi connectivity index (χ0v) is 10.8. The summed E-state index contributed by atoms with van der Waals surface area (Å²) in [5, 5.41) is 0.529. The van der Waals surface area contributed by atoms with Gasteiger partial charge in [0, 0.05) is 31.2 Å². The Bertz CT molecular complexity index is 451. The van der Waals surface area contributed by atoms with E-state index >= 15 is 0 Å². The Labute approximate surface area is 104 Å². The molecule has 2 rings (SSSR count). The number of halogens is 1. The molecule has 0 aliphatic rings. The lowest BCUT2D eigenvalue weighted by molar-refractivity contribution is 0.314. The normalized spacial score (nSPS) is 11.2. The summed E-state index contributed by atoms with van der Waals surface area (Å²) in [7, 11) is 3.99. The lowest BCUT2D eigenvalue weighted by Crippen LogP contribution is -2.18. The van der Waals surface area contributed by atoms with Gasteiger partial charge in [-0.05, 0) is 36.2 Å². The highest BCUT2D eigenvalue weighted by Gasteiger charge is 2.08. The van der Waals surface area contributed by atoms with E-state index in [0.29, 0.717) is 5.28 Å². The van der Waals surface area contributed by atoms with E-state index < -0.39 is 0 Å². The molecular formula is C10H13ClN4S. The van der Waals surface area contributed by atoms with E-state index in [0.717, 1.165) is 18.8 Å². The molecule has 0 aliphatic carbocycles. The van der Waals surface area contributed by atoms with E-state index in [1.165, 1.54) is 16.4 Å². The number of aromatic nitrogens is 3. The molecule has 0 amide bonds. The van der Waals surface area contributed by atoms with Crippen molar-refractivity contribution < 1.29 is 0 Å². The molecule has 0 saturated carbocycles. The minimum atomic E-state index is 0.529. The lowest BCUT2D eigenvalue weighted by atomic mass is 10.4. The number of nitrogens with zero attached hydrogens (tertiary/aromatic N) is 4. The van der Waals surface area contributed by atoms with Crippen molar-refractivity contribution in [3.8, 4) is 0 Å². The number of hydrogen-bond donors (Lipinski definition) is 0. The fourth-order valence-corrected chi connectivity index (χ4v) is 2.30. The van der Waals surface area contributed by atoms with Gasteiger partial charge in [-0.25, -0.2) is 9.36 Å². The van der Waals surface area contributed by atoms with Crippen LogP contribution in [-0.2, 0) is 20.1 Å². The van der Waals surface area contributed by atoms with E-state index in [9.17, 15) is 0 Å². The van der Waals surface area contributed by atoms with E-state index in [2.05, 4.69) is 21.3 Å². The molecule has 0 aromatic carbocycles. The van der Waals surface area contributed by atoms with Crippen LogP contribution in [0.15, 0.2) is 18.5 Å². The summed E-state index contributed by atoms with van der Waals surface area (Å²) in [6.07, 6.45) is 3.64. The quantitative estimate of drug-likeness (QED) is 0.841. The maximum Gasteiger partial charge on any atom is 0.202 e. The summed E-state index contributed by atoms with van der Waals surface area (Å²) < 4.78 is 5.97. The average Bonchev–Trinajstić information content (AvgIpc) is 2.83. The Morgan fingerprint density at radius 3 is 2.88 bits per heavy atom. The molecule has 86 valence electrons. The van der Waals surface area contributed by atoms with Crippen LogP contribution in [0.25, 0.3) is 0 Å². The topological polar surface area (TPSA) is 34.0 Å². The van der Waals surface area contributed by atoms with E-state index in [-0.39, 0.29) is 0 Å². The first-order chi connectivity index (χ1) is 7.66. The van der Waals surface area contributed by atoms with Gasteiger partial charge < -0.3 is 4.57 Å². The maximum absolute atomic E-state index is 5.88. The molecule has 0 radical (unpaired) electrons. The third kappa shape index (κ3) is 2.61. The SMILES string of the molecule is CN(Cc1ccns1)Cc1cnc(Cl)n1C. The van der Waals surface area contributed by atoms with Gasteiger partial charge in [0.15, 0.2) is 0 Å².